The molecule has 2 amide bonds. The second-order valence-corrected chi connectivity index (χ2v) is 6.11. The largest absolute Gasteiger partial charge is 0.339 e. The molecule has 4 rings (SSSR count). The fourth-order valence-corrected chi connectivity index (χ4v) is 2.81. The first-order valence-electron chi connectivity index (χ1n) is 8.25. The summed E-state index contributed by atoms with van der Waals surface area (Å²) in [5, 5.41) is 6.92. The van der Waals surface area contributed by atoms with Gasteiger partial charge in [0.2, 0.25) is 5.89 Å². The smallest absolute Gasteiger partial charge is 0.321 e. The van der Waals surface area contributed by atoms with E-state index in [0.717, 1.165) is 11.3 Å². The maximum absolute atomic E-state index is 12.2. The molecule has 1 aromatic heterocycles. The summed E-state index contributed by atoms with van der Waals surface area (Å²) in [6.45, 7) is 1.18. The Morgan fingerprint density at radius 1 is 1.08 bits per heavy atom. The third kappa shape index (κ3) is 3.52. The van der Waals surface area contributed by atoms with E-state index in [2.05, 4.69) is 15.5 Å². The van der Waals surface area contributed by atoms with Crippen molar-refractivity contribution in [3.05, 3.63) is 77.9 Å². The molecule has 1 fully saturated rings. The summed E-state index contributed by atoms with van der Waals surface area (Å²) in [6, 6.07) is 19.4. The van der Waals surface area contributed by atoms with Crippen molar-refractivity contribution in [1.29, 1.82) is 0 Å². The molecule has 25 heavy (non-hydrogen) atoms. The van der Waals surface area contributed by atoms with E-state index in [0.29, 0.717) is 31.2 Å². The number of benzene rings is 2. The van der Waals surface area contributed by atoms with Gasteiger partial charge in [-0.2, -0.15) is 4.98 Å². The number of carbonyl (C=O) groups is 1. The standard InChI is InChI=1S/C19H18N4O2/c24-19(20-16-9-5-2-6-10-16)23-12-15(13-23)18-21-17(22-25-18)11-14-7-3-1-4-8-14/h1-10,15H,11-13H2,(H,20,24). The van der Waals surface area contributed by atoms with E-state index in [1.165, 1.54) is 0 Å². The monoisotopic (exact) mass is 334 g/mol. The Morgan fingerprint density at radius 2 is 1.76 bits per heavy atom. The summed E-state index contributed by atoms with van der Waals surface area (Å²) in [6.07, 6.45) is 0.648. The van der Waals surface area contributed by atoms with Crippen LogP contribution >= 0.6 is 0 Å². The predicted molar refractivity (Wildman–Crippen MR) is 93.3 cm³/mol. The summed E-state index contributed by atoms with van der Waals surface area (Å²) in [7, 11) is 0. The summed E-state index contributed by atoms with van der Waals surface area (Å²) < 4.78 is 5.37. The van der Waals surface area contributed by atoms with Crippen LogP contribution in [-0.2, 0) is 6.42 Å². The number of rotatable bonds is 4. The predicted octanol–water partition coefficient (Wildman–Crippen LogP) is 3.29. The topological polar surface area (TPSA) is 71.3 Å². The second-order valence-electron chi connectivity index (χ2n) is 6.11. The zero-order chi connectivity index (χ0) is 17.1. The van der Waals surface area contributed by atoms with Gasteiger partial charge in [0.1, 0.15) is 0 Å². The molecule has 0 bridgehead atoms. The van der Waals surface area contributed by atoms with Gasteiger partial charge in [-0.25, -0.2) is 4.79 Å². The van der Waals surface area contributed by atoms with Crippen molar-refractivity contribution in [3.63, 3.8) is 0 Å². The first-order chi connectivity index (χ1) is 12.3. The molecule has 6 heteroatoms. The SMILES string of the molecule is O=C(Nc1ccccc1)N1CC(c2nc(Cc3ccccc3)no2)C1. The third-order valence-electron chi connectivity index (χ3n) is 4.23. The molecule has 1 aliphatic heterocycles. The summed E-state index contributed by atoms with van der Waals surface area (Å²) in [4.78, 5) is 18.4. The lowest BCUT2D eigenvalue weighted by atomic mass is 10.0. The van der Waals surface area contributed by atoms with E-state index in [1.54, 1.807) is 4.90 Å². The normalized spacial score (nSPS) is 14.2. The van der Waals surface area contributed by atoms with Gasteiger partial charge < -0.3 is 14.7 Å². The molecule has 6 nitrogen and oxygen atoms in total. The van der Waals surface area contributed by atoms with Crippen molar-refractivity contribution in [2.45, 2.75) is 12.3 Å². The Labute approximate surface area is 145 Å². The van der Waals surface area contributed by atoms with Gasteiger partial charge in [0.15, 0.2) is 5.82 Å². The van der Waals surface area contributed by atoms with Crippen LogP contribution in [0.15, 0.2) is 65.2 Å². The average molecular weight is 334 g/mol. The minimum atomic E-state index is -0.105. The Hall–Kier alpha value is -3.15. The van der Waals surface area contributed by atoms with E-state index in [9.17, 15) is 4.79 Å². The lowest BCUT2D eigenvalue weighted by Gasteiger charge is -2.36. The maximum atomic E-state index is 12.2. The number of hydrogen-bond acceptors (Lipinski definition) is 4. The molecule has 0 atom stereocenters. The van der Waals surface area contributed by atoms with Gasteiger partial charge in [-0.05, 0) is 17.7 Å². The Kier molecular flexibility index (Phi) is 4.16. The Balaban J connectivity index is 1.31. The molecule has 0 saturated carbocycles. The molecule has 1 N–H and O–H groups in total. The molecule has 1 aliphatic rings. The number of nitrogens with zero attached hydrogens (tertiary/aromatic N) is 3. The molecule has 1 saturated heterocycles. The number of amides is 2. The van der Waals surface area contributed by atoms with Gasteiger partial charge in [-0.15, -0.1) is 0 Å². The van der Waals surface area contributed by atoms with E-state index in [1.807, 2.05) is 60.7 Å². The van der Waals surface area contributed by atoms with Gasteiger partial charge in [0.25, 0.3) is 0 Å². The zero-order valence-electron chi connectivity index (χ0n) is 13.6. The van der Waals surface area contributed by atoms with Gasteiger partial charge in [0.05, 0.1) is 5.92 Å². The van der Waals surface area contributed by atoms with Crippen LogP contribution in [0.3, 0.4) is 0 Å². The molecule has 2 heterocycles. The van der Waals surface area contributed by atoms with Crippen LogP contribution in [0.25, 0.3) is 0 Å². The number of hydrogen-bond donors (Lipinski definition) is 1. The van der Waals surface area contributed by atoms with Crippen LogP contribution < -0.4 is 5.32 Å². The van der Waals surface area contributed by atoms with Gasteiger partial charge >= 0.3 is 6.03 Å². The minimum Gasteiger partial charge on any atom is -0.339 e. The number of likely N-dealkylation sites (tertiary alicyclic amines) is 1. The molecule has 2 aromatic carbocycles. The van der Waals surface area contributed by atoms with Crippen LogP contribution in [0, 0.1) is 0 Å². The number of aromatic nitrogens is 2. The molecule has 3 aromatic rings. The fraction of sp³-hybridized carbons (Fsp3) is 0.211. The van der Waals surface area contributed by atoms with Gasteiger partial charge in [-0.3, -0.25) is 0 Å². The number of nitrogens with one attached hydrogen (secondary N) is 1. The molecule has 0 spiro atoms. The summed E-state index contributed by atoms with van der Waals surface area (Å²) in [5.41, 5.74) is 1.94. The van der Waals surface area contributed by atoms with Crippen LogP contribution in [0.4, 0.5) is 10.5 Å². The number of urea groups is 1. The molecule has 0 aliphatic carbocycles. The first kappa shape index (κ1) is 15.4. The molecular weight excluding hydrogens is 316 g/mol. The molecule has 126 valence electrons. The Morgan fingerprint density at radius 3 is 2.48 bits per heavy atom. The van der Waals surface area contributed by atoms with Crippen LogP contribution in [0.5, 0.6) is 0 Å². The molecule has 0 unspecified atom stereocenters. The summed E-state index contributed by atoms with van der Waals surface area (Å²) in [5.74, 6) is 1.39. The van der Waals surface area contributed by atoms with Crippen LogP contribution in [0.2, 0.25) is 0 Å². The number of carbonyl (C=O) groups excluding carboxylic acids is 1. The highest BCUT2D eigenvalue weighted by atomic mass is 16.5. The van der Waals surface area contributed by atoms with Gasteiger partial charge in [-0.1, -0.05) is 53.7 Å². The van der Waals surface area contributed by atoms with Crippen molar-refractivity contribution < 1.29 is 9.32 Å². The highest BCUT2D eigenvalue weighted by Gasteiger charge is 2.35. The second kappa shape index (κ2) is 6.76. The molecular formula is C19H18N4O2. The highest BCUT2D eigenvalue weighted by molar-refractivity contribution is 5.89. The number of anilines is 1. The maximum Gasteiger partial charge on any atom is 0.321 e. The van der Waals surface area contributed by atoms with Crippen molar-refractivity contribution in [1.82, 2.24) is 15.0 Å². The highest BCUT2D eigenvalue weighted by Crippen LogP contribution is 2.26. The van der Waals surface area contributed by atoms with E-state index in [4.69, 9.17) is 4.52 Å². The quantitative estimate of drug-likeness (QED) is 0.795. The number of para-hydroxylation sites is 1. The lowest BCUT2D eigenvalue weighted by Crippen LogP contribution is -2.50. The lowest BCUT2D eigenvalue weighted by molar-refractivity contribution is 0.147. The van der Waals surface area contributed by atoms with Crippen LogP contribution in [-0.4, -0.2) is 34.2 Å². The van der Waals surface area contributed by atoms with Gasteiger partial charge in [0, 0.05) is 25.2 Å². The third-order valence-corrected chi connectivity index (χ3v) is 4.23. The van der Waals surface area contributed by atoms with E-state index in [-0.39, 0.29) is 11.9 Å². The summed E-state index contributed by atoms with van der Waals surface area (Å²) >= 11 is 0. The Bertz CT molecular complexity index is 842. The van der Waals surface area contributed by atoms with Crippen LogP contribution in [0.1, 0.15) is 23.2 Å². The van der Waals surface area contributed by atoms with E-state index < -0.39 is 0 Å². The fourth-order valence-electron chi connectivity index (χ4n) is 2.81. The van der Waals surface area contributed by atoms with E-state index >= 15 is 0 Å². The minimum absolute atomic E-state index is 0.105. The zero-order valence-corrected chi connectivity index (χ0v) is 13.6. The van der Waals surface area contributed by atoms with Crippen molar-refractivity contribution in [2.75, 3.05) is 18.4 Å². The first-order valence-corrected chi connectivity index (χ1v) is 8.25. The van der Waals surface area contributed by atoms with Crippen molar-refractivity contribution in [3.8, 4) is 0 Å². The van der Waals surface area contributed by atoms with Crippen molar-refractivity contribution in [2.24, 2.45) is 0 Å². The molecule has 0 radical (unpaired) electrons. The average Bonchev–Trinajstić information content (AvgIpc) is 3.03. The van der Waals surface area contributed by atoms with Crippen molar-refractivity contribution >= 4 is 11.7 Å².